The maximum absolute atomic E-state index is 13.3. The van der Waals surface area contributed by atoms with E-state index in [2.05, 4.69) is 90.4 Å². The Labute approximate surface area is 199 Å². The lowest BCUT2D eigenvalue weighted by Crippen LogP contribution is -2.09. The Balaban J connectivity index is 2.81. The molecule has 0 heterocycles. The number of benzene rings is 2. The van der Waals surface area contributed by atoms with Crippen molar-refractivity contribution in [2.45, 2.75) is 13.7 Å². The number of halogens is 6. The minimum atomic E-state index is -3.72. The molecule has 0 saturated carbocycles. The second kappa shape index (κ2) is 8.72. The zero-order valence-corrected chi connectivity index (χ0v) is 22.1. The molecule has 0 aliphatic heterocycles. The molecule has 0 radical (unpaired) electrons. The van der Waals surface area contributed by atoms with Gasteiger partial charge < -0.3 is 0 Å². The molecular formula is C14H8Cl2I4O2S. The first-order valence-corrected chi connectivity index (χ1v) is 13.3. The summed E-state index contributed by atoms with van der Waals surface area (Å²) in [6.07, 6.45) is 0. The van der Waals surface area contributed by atoms with Crippen LogP contribution in [0.5, 0.6) is 0 Å². The Kier molecular flexibility index (Phi) is 8.03. The van der Waals surface area contributed by atoms with E-state index in [0.717, 1.165) is 0 Å². The Hall–Kier alpha value is 1.89. The number of rotatable bonds is 4. The first-order valence-electron chi connectivity index (χ1n) is 6.06. The Morgan fingerprint density at radius 1 is 0.739 bits per heavy atom. The van der Waals surface area contributed by atoms with Crippen molar-refractivity contribution in [1.82, 2.24) is 0 Å². The molecule has 0 fully saturated rings. The topological polar surface area (TPSA) is 34.1 Å². The standard InChI is InChI=1S/C14H8Cl2I4O2S/c15-7-3-1-5-9(11(7)13(17)18)23(21,22)10-6-2-4-8(16)12(10)14(19)20/h1-6,13-14H. The summed E-state index contributed by atoms with van der Waals surface area (Å²) in [6.45, 7) is 0. The monoisotopic (exact) mass is 818 g/mol. The summed E-state index contributed by atoms with van der Waals surface area (Å²) in [7, 11) is -3.72. The number of sulfone groups is 1. The molecule has 9 heteroatoms. The summed E-state index contributed by atoms with van der Waals surface area (Å²) >= 11 is 21.1. The summed E-state index contributed by atoms with van der Waals surface area (Å²) in [6, 6.07) is 9.92. The van der Waals surface area contributed by atoms with E-state index in [9.17, 15) is 8.42 Å². The lowest BCUT2D eigenvalue weighted by molar-refractivity contribution is 0.595. The van der Waals surface area contributed by atoms with Crippen LogP contribution in [0.1, 0.15) is 15.0 Å². The van der Waals surface area contributed by atoms with E-state index >= 15 is 0 Å². The predicted octanol–water partition coefficient (Wildman–Crippen LogP) is 7.56. The van der Waals surface area contributed by atoms with E-state index in [-0.39, 0.29) is 13.7 Å². The third kappa shape index (κ3) is 4.60. The van der Waals surface area contributed by atoms with Crippen molar-refractivity contribution in [1.29, 1.82) is 0 Å². The van der Waals surface area contributed by atoms with E-state index in [0.29, 0.717) is 21.2 Å². The fourth-order valence-electron chi connectivity index (χ4n) is 2.05. The first kappa shape index (κ1) is 21.2. The maximum Gasteiger partial charge on any atom is 0.207 e. The van der Waals surface area contributed by atoms with Crippen LogP contribution in [0.2, 0.25) is 10.0 Å². The molecule has 0 bridgehead atoms. The van der Waals surface area contributed by atoms with E-state index in [1.54, 1.807) is 36.4 Å². The van der Waals surface area contributed by atoms with Gasteiger partial charge in [-0.3, -0.25) is 0 Å². The van der Waals surface area contributed by atoms with Crippen LogP contribution in [0.3, 0.4) is 0 Å². The van der Waals surface area contributed by atoms with Crippen molar-refractivity contribution < 1.29 is 8.42 Å². The molecular weight excluding hydrogens is 811 g/mol. The summed E-state index contributed by atoms with van der Waals surface area (Å²) in [4.78, 5) is 0.464. The molecule has 0 unspecified atom stereocenters. The van der Waals surface area contributed by atoms with E-state index < -0.39 is 9.84 Å². The molecule has 0 N–H and O–H groups in total. The van der Waals surface area contributed by atoms with Gasteiger partial charge >= 0.3 is 0 Å². The molecule has 23 heavy (non-hydrogen) atoms. The van der Waals surface area contributed by atoms with E-state index in [4.69, 9.17) is 23.2 Å². The van der Waals surface area contributed by atoms with Crippen molar-refractivity contribution in [2.75, 3.05) is 0 Å². The molecule has 124 valence electrons. The van der Waals surface area contributed by atoms with Crippen LogP contribution >= 0.6 is 114 Å². The summed E-state index contributed by atoms with van der Waals surface area (Å²) < 4.78 is 26.4. The SMILES string of the molecule is O=S(=O)(c1cccc(Cl)c1C(I)I)c1cccc(Cl)c1C(I)I. The number of hydrogen-bond acceptors (Lipinski definition) is 2. The highest BCUT2D eigenvalue weighted by atomic mass is 127. The molecule has 0 saturated heterocycles. The van der Waals surface area contributed by atoms with Crippen molar-refractivity contribution in [2.24, 2.45) is 0 Å². The van der Waals surface area contributed by atoms with Gasteiger partial charge in [-0.15, -0.1) is 0 Å². The van der Waals surface area contributed by atoms with Gasteiger partial charge in [0.1, 0.15) is 0 Å². The Bertz CT molecular complexity index is 775. The minimum Gasteiger partial charge on any atom is -0.218 e. The molecule has 0 spiro atoms. The highest BCUT2D eigenvalue weighted by Crippen LogP contribution is 2.44. The molecule has 0 aromatic heterocycles. The molecule has 0 aliphatic carbocycles. The quantitative estimate of drug-likeness (QED) is 0.236. The van der Waals surface area contributed by atoms with E-state index in [1.165, 1.54) is 0 Å². The lowest BCUT2D eigenvalue weighted by Gasteiger charge is -2.17. The second-order valence-electron chi connectivity index (χ2n) is 4.41. The van der Waals surface area contributed by atoms with Gasteiger partial charge in [0.2, 0.25) is 9.84 Å². The van der Waals surface area contributed by atoms with Crippen LogP contribution in [-0.2, 0) is 9.84 Å². The summed E-state index contributed by atoms with van der Waals surface area (Å²) in [5.74, 6) is 0. The van der Waals surface area contributed by atoms with Crippen molar-refractivity contribution in [3.05, 3.63) is 57.6 Å². The largest absolute Gasteiger partial charge is 0.218 e. The van der Waals surface area contributed by atoms with Gasteiger partial charge in [-0.1, -0.05) is 126 Å². The zero-order chi connectivity index (χ0) is 17.4. The Morgan fingerprint density at radius 2 is 1.09 bits per heavy atom. The summed E-state index contributed by atoms with van der Waals surface area (Å²) in [5.41, 5.74) is 1.22. The van der Waals surface area contributed by atoms with Gasteiger partial charge in [-0.25, -0.2) is 8.42 Å². The molecule has 2 nitrogen and oxygen atoms in total. The minimum absolute atomic E-state index is 0.0682. The maximum atomic E-state index is 13.3. The van der Waals surface area contributed by atoms with Crippen LogP contribution in [0, 0.1) is 0 Å². The van der Waals surface area contributed by atoms with Crippen LogP contribution in [0.15, 0.2) is 46.2 Å². The van der Waals surface area contributed by atoms with Gasteiger partial charge in [0.05, 0.1) is 13.7 Å². The fraction of sp³-hybridized carbons (Fsp3) is 0.143. The normalized spacial score (nSPS) is 12.2. The molecule has 2 aromatic rings. The van der Waals surface area contributed by atoms with Crippen LogP contribution in [0.4, 0.5) is 0 Å². The van der Waals surface area contributed by atoms with Crippen LogP contribution in [0.25, 0.3) is 0 Å². The second-order valence-corrected chi connectivity index (χ2v) is 16.9. The van der Waals surface area contributed by atoms with Gasteiger partial charge in [-0.05, 0) is 24.3 Å². The highest BCUT2D eigenvalue weighted by Gasteiger charge is 2.29. The average molecular weight is 819 g/mol. The van der Waals surface area contributed by atoms with E-state index in [1.807, 2.05) is 0 Å². The Morgan fingerprint density at radius 3 is 1.39 bits per heavy atom. The first-order chi connectivity index (χ1) is 10.7. The number of alkyl halides is 4. The third-order valence-corrected chi connectivity index (χ3v) is 8.06. The average Bonchev–Trinajstić information content (AvgIpc) is 2.45. The third-order valence-electron chi connectivity index (χ3n) is 3.04. The smallest absolute Gasteiger partial charge is 0.207 e. The van der Waals surface area contributed by atoms with Crippen molar-refractivity contribution >= 4 is 123 Å². The van der Waals surface area contributed by atoms with Gasteiger partial charge in [0.25, 0.3) is 0 Å². The fourth-order valence-corrected chi connectivity index (χ4v) is 8.78. The molecule has 0 aliphatic rings. The van der Waals surface area contributed by atoms with Crippen molar-refractivity contribution in [3.63, 3.8) is 0 Å². The van der Waals surface area contributed by atoms with Gasteiger partial charge in [0, 0.05) is 21.2 Å². The zero-order valence-electron chi connectivity index (χ0n) is 11.1. The molecule has 2 rings (SSSR count). The predicted molar refractivity (Wildman–Crippen MR) is 130 cm³/mol. The van der Waals surface area contributed by atoms with Gasteiger partial charge in [-0.2, -0.15) is 0 Å². The number of hydrogen-bond donors (Lipinski definition) is 0. The molecule has 0 amide bonds. The summed E-state index contributed by atoms with van der Waals surface area (Å²) in [5, 5.41) is 0.896. The lowest BCUT2D eigenvalue weighted by atomic mass is 10.2. The highest BCUT2D eigenvalue weighted by molar-refractivity contribution is 14.2. The molecule has 2 aromatic carbocycles. The van der Waals surface area contributed by atoms with Crippen LogP contribution in [-0.4, -0.2) is 8.42 Å². The van der Waals surface area contributed by atoms with Gasteiger partial charge in [0.15, 0.2) is 0 Å². The molecule has 0 atom stereocenters. The van der Waals surface area contributed by atoms with Crippen LogP contribution < -0.4 is 0 Å². The van der Waals surface area contributed by atoms with Crippen molar-refractivity contribution in [3.8, 4) is 0 Å².